The molecule has 1 saturated carbocycles. The van der Waals surface area contributed by atoms with Crippen molar-refractivity contribution in [3.05, 3.63) is 24.3 Å². The van der Waals surface area contributed by atoms with Crippen LogP contribution in [0.4, 0.5) is 5.69 Å². The lowest BCUT2D eigenvalue weighted by atomic mass is 9.92. The average Bonchev–Trinajstić information content (AvgIpc) is 2.40. The summed E-state index contributed by atoms with van der Waals surface area (Å²) in [5.41, 5.74) is 6.94. The van der Waals surface area contributed by atoms with E-state index in [0.717, 1.165) is 37.1 Å². The molecule has 0 unspecified atom stereocenters. The molecule has 0 heterocycles. The molecule has 2 rings (SSSR count). The lowest BCUT2D eigenvalue weighted by Gasteiger charge is -2.27. The quantitative estimate of drug-likeness (QED) is 0.853. The molecule has 0 aromatic heterocycles. The van der Waals surface area contributed by atoms with Crippen molar-refractivity contribution in [3.8, 4) is 11.8 Å². The van der Waals surface area contributed by atoms with Gasteiger partial charge in [-0.05, 0) is 37.8 Å². The standard InChI is InChI=1S/C14H19N3O/c15-8-9-18-14-3-1-2-13(10-14)17-12-6-4-11(16)5-7-12/h1-3,10-12,17H,4-7,9,16H2. The van der Waals surface area contributed by atoms with Gasteiger partial charge in [0.1, 0.15) is 11.8 Å². The van der Waals surface area contributed by atoms with E-state index in [0.29, 0.717) is 12.1 Å². The highest BCUT2D eigenvalue weighted by Crippen LogP contribution is 2.23. The number of ether oxygens (including phenoxy) is 1. The zero-order valence-electron chi connectivity index (χ0n) is 10.4. The number of nitrogens with two attached hydrogens (primary N) is 1. The van der Waals surface area contributed by atoms with Crippen molar-refractivity contribution >= 4 is 5.69 Å². The summed E-state index contributed by atoms with van der Waals surface area (Å²) >= 11 is 0. The Kier molecular flexibility index (Phi) is 4.43. The van der Waals surface area contributed by atoms with Crippen LogP contribution >= 0.6 is 0 Å². The van der Waals surface area contributed by atoms with Gasteiger partial charge in [-0.15, -0.1) is 0 Å². The third kappa shape index (κ3) is 3.64. The predicted octanol–water partition coefficient (Wildman–Crippen LogP) is 2.27. The SMILES string of the molecule is N#CCOc1cccc(NC2CCC(N)CC2)c1. The number of nitriles is 1. The maximum atomic E-state index is 8.48. The molecule has 0 atom stereocenters. The third-order valence-corrected chi connectivity index (χ3v) is 3.28. The third-order valence-electron chi connectivity index (χ3n) is 3.28. The molecule has 1 aliphatic carbocycles. The molecule has 1 aromatic carbocycles. The maximum Gasteiger partial charge on any atom is 0.174 e. The van der Waals surface area contributed by atoms with Crippen molar-refractivity contribution in [3.63, 3.8) is 0 Å². The largest absolute Gasteiger partial charge is 0.479 e. The Labute approximate surface area is 108 Å². The van der Waals surface area contributed by atoms with E-state index in [9.17, 15) is 0 Å². The lowest BCUT2D eigenvalue weighted by molar-refractivity contribution is 0.368. The molecule has 0 bridgehead atoms. The van der Waals surface area contributed by atoms with Gasteiger partial charge in [0.2, 0.25) is 0 Å². The molecular weight excluding hydrogens is 226 g/mol. The van der Waals surface area contributed by atoms with E-state index in [1.807, 2.05) is 30.3 Å². The van der Waals surface area contributed by atoms with Crippen LogP contribution in [0.25, 0.3) is 0 Å². The van der Waals surface area contributed by atoms with E-state index in [1.165, 1.54) is 0 Å². The Morgan fingerprint density at radius 2 is 2.11 bits per heavy atom. The molecule has 1 fully saturated rings. The minimum Gasteiger partial charge on any atom is -0.479 e. The summed E-state index contributed by atoms with van der Waals surface area (Å²) in [5, 5.41) is 12.0. The van der Waals surface area contributed by atoms with Crippen molar-refractivity contribution in [2.24, 2.45) is 5.73 Å². The van der Waals surface area contributed by atoms with Gasteiger partial charge in [-0.3, -0.25) is 0 Å². The maximum absolute atomic E-state index is 8.48. The van der Waals surface area contributed by atoms with Crippen LogP contribution in [-0.4, -0.2) is 18.7 Å². The number of anilines is 1. The molecule has 0 amide bonds. The number of hydrogen-bond acceptors (Lipinski definition) is 4. The first-order chi connectivity index (χ1) is 8.78. The summed E-state index contributed by atoms with van der Waals surface area (Å²) < 4.78 is 5.28. The Morgan fingerprint density at radius 3 is 2.83 bits per heavy atom. The van der Waals surface area contributed by atoms with Gasteiger partial charge in [-0.1, -0.05) is 6.07 Å². The van der Waals surface area contributed by atoms with Gasteiger partial charge in [0.15, 0.2) is 6.61 Å². The summed E-state index contributed by atoms with van der Waals surface area (Å²) in [7, 11) is 0. The summed E-state index contributed by atoms with van der Waals surface area (Å²) in [6.07, 6.45) is 4.40. The molecule has 1 aliphatic rings. The van der Waals surface area contributed by atoms with E-state index < -0.39 is 0 Å². The smallest absolute Gasteiger partial charge is 0.174 e. The molecule has 4 nitrogen and oxygen atoms in total. The minimum atomic E-state index is 0.0851. The molecule has 0 aliphatic heterocycles. The van der Waals surface area contributed by atoms with Crippen LogP contribution in [0, 0.1) is 11.3 Å². The molecular formula is C14H19N3O. The van der Waals surface area contributed by atoms with E-state index in [2.05, 4.69) is 5.32 Å². The Hall–Kier alpha value is -1.73. The van der Waals surface area contributed by atoms with Gasteiger partial charge in [0.25, 0.3) is 0 Å². The first-order valence-electron chi connectivity index (χ1n) is 6.40. The van der Waals surface area contributed by atoms with Crippen LogP contribution in [0.2, 0.25) is 0 Å². The molecule has 0 spiro atoms. The topological polar surface area (TPSA) is 71.1 Å². The Morgan fingerprint density at radius 1 is 1.33 bits per heavy atom. The normalized spacial score (nSPS) is 23.1. The second-order valence-electron chi connectivity index (χ2n) is 4.73. The van der Waals surface area contributed by atoms with Crippen LogP contribution in [0.5, 0.6) is 5.75 Å². The lowest BCUT2D eigenvalue weighted by Crippen LogP contribution is -2.32. The van der Waals surface area contributed by atoms with E-state index in [-0.39, 0.29) is 6.61 Å². The fourth-order valence-corrected chi connectivity index (χ4v) is 2.29. The first kappa shape index (κ1) is 12.7. The van der Waals surface area contributed by atoms with Crippen LogP contribution in [-0.2, 0) is 0 Å². The number of nitrogens with zero attached hydrogens (tertiary/aromatic N) is 1. The second-order valence-corrected chi connectivity index (χ2v) is 4.73. The van der Waals surface area contributed by atoms with Gasteiger partial charge >= 0.3 is 0 Å². The minimum absolute atomic E-state index is 0.0851. The highest BCUT2D eigenvalue weighted by Gasteiger charge is 2.18. The van der Waals surface area contributed by atoms with Crippen molar-refractivity contribution < 1.29 is 4.74 Å². The number of hydrogen-bond donors (Lipinski definition) is 2. The van der Waals surface area contributed by atoms with Gasteiger partial charge in [0, 0.05) is 23.8 Å². The van der Waals surface area contributed by atoms with E-state index in [1.54, 1.807) is 0 Å². The Balaban J connectivity index is 1.91. The van der Waals surface area contributed by atoms with Gasteiger partial charge in [-0.25, -0.2) is 0 Å². The summed E-state index contributed by atoms with van der Waals surface area (Å²) in [6.45, 7) is 0.0851. The summed E-state index contributed by atoms with van der Waals surface area (Å²) in [6, 6.07) is 10.6. The summed E-state index contributed by atoms with van der Waals surface area (Å²) in [5.74, 6) is 0.731. The second kappa shape index (κ2) is 6.27. The monoisotopic (exact) mass is 245 g/mol. The molecule has 1 aromatic rings. The highest BCUT2D eigenvalue weighted by atomic mass is 16.5. The molecule has 3 N–H and O–H groups in total. The van der Waals surface area contributed by atoms with Crippen molar-refractivity contribution in [1.82, 2.24) is 0 Å². The molecule has 4 heteroatoms. The molecule has 0 radical (unpaired) electrons. The van der Waals surface area contributed by atoms with E-state index in [4.69, 9.17) is 15.7 Å². The Bertz CT molecular complexity index is 419. The van der Waals surface area contributed by atoms with Gasteiger partial charge in [-0.2, -0.15) is 5.26 Å². The van der Waals surface area contributed by atoms with Crippen molar-refractivity contribution in [2.45, 2.75) is 37.8 Å². The zero-order valence-corrected chi connectivity index (χ0v) is 10.4. The highest BCUT2D eigenvalue weighted by molar-refractivity contribution is 5.49. The van der Waals surface area contributed by atoms with Crippen LogP contribution in [0.1, 0.15) is 25.7 Å². The first-order valence-corrected chi connectivity index (χ1v) is 6.40. The number of nitrogens with one attached hydrogen (secondary N) is 1. The average molecular weight is 245 g/mol. The number of rotatable bonds is 4. The number of benzene rings is 1. The van der Waals surface area contributed by atoms with E-state index >= 15 is 0 Å². The summed E-state index contributed by atoms with van der Waals surface area (Å²) in [4.78, 5) is 0. The zero-order chi connectivity index (χ0) is 12.8. The van der Waals surface area contributed by atoms with Crippen molar-refractivity contribution in [2.75, 3.05) is 11.9 Å². The van der Waals surface area contributed by atoms with Gasteiger partial charge in [0.05, 0.1) is 0 Å². The fourth-order valence-electron chi connectivity index (χ4n) is 2.29. The fraction of sp³-hybridized carbons (Fsp3) is 0.500. The van der Waals surface area contributed by atoms with Crippen LogP contribution < -0.4 is 15.8 Å². The molecule has 18 heavy (non-hydrogen) atoms. The predicted molar refractivity (Wildman–Crippen MR) is 71.4 cm³/mol. The van der Waals surface area contributed by atoms with Gasteiger partial charge < -0.3 is 15.8 Å². The molecule has 0 saturated heterocycles. The van der Waals surface area contributed by atoms with Crippen LogP contribution in [0.3, 0.4) is 0 Å². The molecule has 96 valence electrons. The van der Waals surface area contributed by atoms with Crippen LogP contribution in [0.15, 0.2) is 24.3 Å². The van der Waals surface area contributed by atoms with Crippen molar-refractivity contribution in [1.29, 1.82) is 5.26 Å².